The number of carbonyl (C=O) groups excluding carboxylic acids is 1. The Balaban J connectivity index is 1.38. The second kappa shape index (κ2) is 8.49. The maximum Gasteiger partial charge on any atom is 0.261 e. The van der Waals surface area contributed by atoms with Gasteiger partial charge in [-0.3, -0.25) is 4.79 Å². The summed E-state index contributed by atoms with van der Waals surface area (Å²) in [5.41, 5.74) is 3.50. The van der Waals surface area contributed by atoms with Gasteiger partial charge in [-0.05, 0) is 74.9 Å². The third kappa shape index (κ3) is 4.27. The van der Waals surface area contributed by atoms with Gasteiger partial charge in [-0.15, -0.1) is 11.3 Å². The maximum absolute atomic E-state index is 14.6. The number of halogens is 1. The van der Waals surface area contributed by atoms with E-state index >= 15 is 0 Å². The van der Waals surface area contributed by atoms with E-state index in [2.05, 4.69) is 15.2 Å². The lowest BCUT2D eigenvalue weighted by molar-refractivity contribution is 0.0957. The fourth-order valence-corrected chi connectivity index (χ4v) is 5.05. The molecule has 1 fully saturated rings. The van der Waals surface area contributed by atoms with Crippen molar-refractivity contribution in [1.29, 1.82) is 0 Å². The molecule has 3 heterocycles. The molecular weight excluding hydrogens is 385 g/mol. The van der Waals surface area contributed by atoms with E-state index in [1.165, 1.54) is 17.8 Å². The fraction of sp³-hybridized carbons (Fsp3) is 0.391. The summed E-state index contributed by atoms with van der Waals surface area (Å²) in [6.07, 6.45) is 4.08. The van der Waals surface area contributed by atoms with Gasteiger partial charge in [-0.25, -0.2) is 9.37 Å². The van der Waals surface area contributed by atoms with Crippen molar-refractivity contribution in [3.8, 4) is 0 Å². The van der Waals surface area contributed by atoms with Crippen LogP contribution in [0.15, 0.2) is 30.3 Å². The van der Waals surface area contributed by atoms with Crippen LogP contribution in [-0.2, 0) is 6.42 Å². The van der Waals surface area contributed by atoms with Crippen LogP contribution in [0.1, 0.15) is 45.8 Å². The van der Waals surface area contributed by atoms with Crippen molar-refractivity contribution in [2.24, 2.45) is 0 Å². The lowest BCUT2D eigenvalue weighted by Crippen LogP contribution is -2.30. The Hall–Kier alpha value is -2.47. The van der Waals surface area contributed by atoms with Gasteiger partial charge in [-0.1, -0.05) is 6.07 Å². The highest BCUT2D eigenvalue weighted by atomic mass is 32.1. The first-order chi connectivity index (χ1) is 14.0. The summed E-state index contributed by atoms with van der Waals surface area (Å²) in [6, 6.07) is 9.44. The molecule has 0 spiro atoms. The van der Waals surface area contributed by atoms with Crippen molar-refractivity contribution < 1.29 is 9.18 Å². The van der Waals surface area contributed by atoms with Crippen molar-refractivity contribution in [2.45, 2.75) is 39.5 Å². The number of aryl methyl sites for hydroxylation is 2. The summed E-state index contributed by atoms with van der Waals surface area (Å²) in [6.45, 7) is 6.23. The smallest absolute Gasteiger partial charge is 0.261 e. The summed E-state index contributed by atoms with van der Waals surface area (Å²) in [4.78, 5) is 20.9. The molecule has 1 amide bonds. The SMILES string of the molecule is Cc1ccc2c(C)c(C(=O)NCCc3ccc(N4CCCCC4)c(F)c3)sc2n1. The Morgan fingerprint density at radius 1 is 1.17 bits per heavy atom. The maximum atomic E-state index is 14.6. The lowest BCUT2D eigenvalue weighted by atomic mass is 10.1. The number of nitrogens with one attached hydrogen (secondary N) is 1. The Kier molecular flexibility index (Phi) is 5.81. The van der Waals surface area contributed by atoms with Crippen molar-refractivity contribution in [3.63, 3.8) is 0 Å². The first kappa shape index (κ1) is 19.8. The molecule has 1 N–H and O–H groups in total. The number of aromatic nitrogens is 1. The Morgan fingerprint density at radius 2 is 1.97 bits per heavy atom. The topological polar surface area (TPSA) is 45.2 Å². The number of pyridine rings is 1. The van der Waals surface area contributed by atoms with Crippen LogP contribution < -0.4 is 10.2 Å². The number of amides is 1. The van der Waals surface area contributed by atoms with Crippen molar-refractivity contribution in [2.75, 3.05) is 24.5 Å². The summed E-state index contributed by atoms with van der Waals surface area (Å²) < 4.78 is 14.6. The van der Waals surface area contributed by atoms with Crippen LogP contribution in [0, 0.1) is 19.7 Å². The van der Waals surface area contributed by atoms with E-state index < -0.39 is 0 Å². The number of nitrogens with zero attached hydrogens (tertiary/aromatic N) is 2. The molecule has 3 aromatic rings. The molecule has 1 aliphatic heterocycles. The van der Waals surface area contributed by atoms with Gasteiger partial charge in [0.05, 0.1) is 10.6 Å². The minimum absolute atomic E-state index is 0.0893. The Labute approximate surface area is 174 Å². The number of thiophene rings is 1. The quantitative estimate of drug-likeness (QED) is 0.642. The highest BCUT2D eigenvalue weighted by molar-refractivity contribution is 7.20. The third-order valence-corrected chi connectivity index (χ3v) is 6.76. The van der Waals surface area contributed by atoms with Crippen LogP contribution in [0.3, 0.4) is 0 Å². The number of benzene rings is 1. The molecule has 152 valence electrons. The molecule has 4 rings (SSSR count). The second-order valence-electron chi connectivity index (χ2n) is 7.70. The van der Waals surface area contributed by atoms with E-state index in [0.29, 0.717) is 23.5 Å². The number of hydrogen-bond donors (Lipinski definition) is 1. The van der Waals surface area contributed by atoms with Gasteiger partial charge in [0.1, 0.15) is 10.6 Å². The normalized spacial score (nSPS) is 14.4. The van der Waals surface area contributed by atoms with Crippen LogP contribution in [0.5, 0.6) is 0 Å². The van der Waals surface area contributed by atoms with Crippen LogP contribution >= 0.6 is 11.3 Å². The molecule has 2 aromatic heterocycles. The molecule has 0 unspecified atom stereocenters. The zero-order chi connectivity index (χ0) is 20.4. The molecular formula is C23H26FN3OS. The first-order valence-electron chi connectivity index (χ1n) is 10.2. The molecule has 1 aliphatic rings. The van der Waals surface area contributed by atoms with Crippen LogP contribution in [0.4, 0.5) is 10.1 Å². The molecule has 0 aliphatic carbocycles. The summed E-state index contributed by atoms with van der Waals surface area (Å²) in [5.74, 6) is -0.258. The first-order valence-corrected chi connectivity index (χ1v) is 11.0. The van der Waals surface area contributed by atoms with E-state index in [1.807, 2.05) is 38.1 Å². The summed E-state index contributed by atoms with van der Waals surface area (Å²) >= 11 is 1.42. The van der Waals surface area contributed by atoms with Gasteiger partial charge in [0.2, 0.25) is 0 Å². The predicted molar refractivity (Wildman–Crippen MR) is 118 cm³/mol. The molecule has 6 heteroatoms. The van der Waals surface area contributed by atoms with Crippen LogP contribution in [0.25, 0.3) is 10.2 Å². The zero-order valence-corrected chi connectivity index (χ0v) is 17.7. The fourth-order valence-electron chi connectivity index (χ4n) is 3.91. The molecule has 4 nitrogen and oxygen atoms in total. The second-order valence-corrected chi connectivity index (χ2v) is 8.70. The van der Waals surface area contributed by atoms with Gasteiger partial charge in [0, 0.05) is 30.7 Å². The van der Waals surface area contributed by atoms with Crippen molar-refractivity contribution in [3.05, 3.63) is 57.8 Å². The van der Waals surface area contributed by atoms with E-state index in [-0.39, 0.29) is 11.7 Å². The molecule has 0 saturated carbocycles. The summed E-state index contributed by atoms with van der Waals surface area (Å²) in [5, 5.41) is 4.00. The highest BCUT2D eigenvalue weighted by Gasteiger charge is 2.17. The molecule has 1 saturated heterocycles. The number of anilines is 1. The standard InChI is InChI=1S/C23H26FN3OS/c1-15-6-8-18-16(2)21(29-23(18)26-15)22(28)25-11-10-17-7-9-20(19(24)14-17)27-12-4-3-5-13-27/h6-9,14H,3-5,10-13H2,1-2H3,(H,25,28). The van der Waals surface area contributed by atoms with Gasteiger partial charge >= 0.3 is 0 Å². The monoisotopic (exact) mass is 411 g/mol. The number of piperidine rings is 1. The van der Waals surface area contributed by atoms with Gasteiger partial charge in [-0.2, -0.15) is 0 Å². The summed E-state index contributed by atoms with van der Waals surface area (Å²) in [7, 11) is 0. The minimum Gasteiger partial charge on any atom is -0.369 e. The average Bonchev–Trinajstić information content (AvgIpc) is 3.04. The van der Waals surface area contributed by atoms with E-state index in [1.54, 1.807) is 6.07 Å². The number of hydrogen-bond acceptors (Lipinski definition) is 4. The molecule has 1 aromatic carbocycles. The van der Waals surface area contributed by atoms with Crippen LogP contribution in [0.2, 0.25) is 0 Å². The number of carbonyl (C=O) groups is 1. The van der Waals surface area contributed by atoms with Gasteiger partial charge in [0.25, 0.3) is 5.91 Å². The number of rotatable bonds is 5. The van der Waals surface area contributed by atoms with Gasteiger partial charge in [0.15, 0.2) is 0 Å². The van der Waals surface area contributed by atoms with Gasteiger partial charge < -0.3 is 10.2 Å². The van der Waals surface area contributed by atoms with E-state index in [4.69, 9.17) is 0 Å². The van der Waals surface area contributed by atoms with Crippen molar-refractivity contribution >= 4 is 33.1 Å². The van der Waals surface area contributed by atoms with Crippen molar-refractivity contribution in [1.82, 2.24) is 10.3 Å². The van der Waals surface area contributed by atoms with E-state index in [9.17, 15) is 9.18 Å². The molecule has 0 atom stereocenters. The molecule has 0 radical (unpaired) electrons. The zero-order valence-electron chi connectivity index (χ0n) is 16.9. The number of fused-ring (bicyclic) bond motifs is 1. The largest absolute Gasteiger partial charge is 0.369 e. The highest BCUT2D eigenvalue weighted by Crippen LogP contribution is 2.29. The Morgan fingerprint density at radius 3 is 2.72 bits per heavy atom. The third-order valence-electron chi connectivity index (χ3n) is 5.56. The lowest BCUT2D eigenvalue weighted by Gasteiger charge is -2.29. The molecule has 0 bridgehead atoms. The Bertz CT molecular complexity index is 1040. The van der Waals surface area contributed by atoms with E-state index in [0.717, 1.165) is 53.0 Å². The minimum atomic E-state index is -0.169. The molecule has 29 heavy (non-hydrogen) atoms. The van der Waals surface area contributed by atoms with Crippen LogP contribution in [-0.4, -0.2) is 30.5 Å². The predicted octanol–water partition coefficient (Wildman–Crippen LogP) is 5.02. The average molecular weight is 412 g/mol.